The first-order valence-corrected chi connectivity index (χ1v) is 7.57. The van der Waals surface area contributed by atoms with Gasteiger partial charge in [-0.05, 0) is 55.4 Å². The van der Waals surface area contributed by atoms with E-state index in [1.807, 2.05) is 84.9 Å². The van der Waals surface area contributed by atoms with E-state index in [0.717, 1.165) is 22.7 Å². The maximum Gasteiger partial charge on any atom is 0.119 e. The van der Waals surface area contributed by atoms with E-state index < -0.39 is 0 Å². The van der Waals surface area contributed by atoms with E-state index in [2.05, 4.69) is 23.4 Å². The molecule has 3 nitrogen and oxygen atoms in total. The highest BCUT2D eigenvalue weighted by Crippen LogP contribution is 2.15. The molecular formula is C21H20N2O. The van der Waals surface area contributed by atoms with E-state index >= 15 is 0 Å². The van der Waals surface area contributed by atoms with Crippen molar-refractivity contribution in [3.05, 3.63) is 90.5 Å². The van der Waals surface area contributed by atoms with Crippen LogP contribution in [0.1, 0.15) is 5.56 Å². The van der Waals surface area contributed by atoms with Crippen molar-refractivity contribution >= 4 is 24.8 Å². The predicted octanol–water partition coefficient (Wildman–Crippen LogP) is 5.62. The average molecular weight is 316 g/mol. The highest BCUT2D eigenvalue weighted by Gasteiger charge is 1.95. The van der Waals surface area contributed by atoms with Crippen LogP contribution in [0.4, 0.5) is 11.4 Å². The Balaban J connectivity index is 0.000000219. The van der Waals surface area contributed by atoms with Crippen LogP contribution in [-0.4, -0.2) is 13.4 Å². The molecule has 0 aliphatic carbocycles. The summed E-state index contributed by atoms with van der Waals surface area (Å²) in [6.07, 6.45) is 0. The van der Waals surface area contributed by atoms with Crippen LogP contribution in [0, 0.1) is 0 Å². The molecule has 0 atom stereocenters. The van der Waals surface area contributed by atoms with Gasteiger partial charge < -0.3 is 4.74 Å². The van der Waals surface area contributed by atoms with Gasteiger partial charge in [0.2, 0.25) is 0 Å². The molecule has 3 aromatic rings. The minimum absolute atomic E-state index is 0.571. The van der Waals surface area contributed by atoms with Crippen molar-refractivity contribution in [2.45, 2.75) is 6.61 Å². The monoisotopic (exact) mass is 316 g/mol. The molecule has 0 aromatic heterocycles. The SMILES string of the molecule is C=Nc1ccc(COc2ccccc2)cc1.C=Nc1ccccc1. The molecule has 3 heteroatoms. The topological polar surface area (TPSA) is 34.0 Å². The summed E-state index contributed by atoms with van der Waals surface area (Å²) < 4.78 is 5.62. The number of hydrogen-bond acceptors (Lipinski definition) is 3. The van der Waals surface area contributed by atoms with Crippen molar-refractivity contribution in [1.29, 1.82) is 0 Å². The normalized spacial score (nSPS) is 9.33. The standard InChI is InChI=1S/C14H13NO.C7H7N/c1-15-13-9-7-12(8-10-13)11-16-14-5-3-2-4-6-14;1-8-7-5-3-2-4-6-7/h2-10H,1,11H2;2-6H,1H2. The van der Waals surface area contributed by atoms with Crippen LogP contribution >= 0.6 is 0 Å². The number of benzene rings is 3. The van der Waals surface area contributed by atoms with Crippen LogP contribution in [0.15, 0.2) is 94.9 Å². The van der Waals surface area contributed by atoms with E-state index in [4.69, 9.17) is 4.74 Å². The van der Waals surface area contributed by atoms with Crippen molar-refractivity contribution in [2.24, 2.45) is 9.98 Å². The highest BCUT2D eigenvalue weighted by molar-refractivity contribution is 5.46. The van der Waals surface area contributed by atoms with Gasteiger partial charge >= 0.3 is 0 Å². The summed E-state index contributed by atoms with van der Waals surface area (Å²) in [5.74, 6) is 0.883. The summed E-state index contributed by atoms with van der Waals surface area (Å²) in [4.78, 5) is 7.56. The smallest absolute Gasteiger partial charge is 0.119 e. The second-order valence-corrected chi connectivity index (χ2v) is 4.92. The molecule has 0 aliphatic heterocycles. The van der Waals surface area contributed by atoms with Gasteiger partial charge in [0.25, 0.3) is 0 Å². The molecule has 0 unspecified atom stereocenters. The quantitative estimate of drug-likeness (QED) is 0.563. The molecule has 3 rings (SSSR count). The average Bonchev–Trinajstić information content (AvgIpc) is 2.69. The fourth-order valence-corrected chi connectivity index (χ4v) is 1.91. The molecule has 120 valence electrons. The van der Waals surface area contributed by atoms with Crippen molar-refractivity contribution in [3.8, 4) is 5.75 Å². The van der Waals surface area contributed by atoms with Crippen LogP contribution in [0.25, 0.3) is 0 Å². The highest BCUT2D eigenvalue weighted by atomic mass is 16.5. The van der Waals surface area contributed by atoms with Crippen LogP contribution in [0.2, 0.25) is 0 Å². The van der Waals surface area contributed by atoms with Gasteiger partial charge in [-0.2, -0.15) is 0 Å². The van der Waals surface area contributed by atoms with Gasteiger partial charge in [-0.25, -0.2) is 0 Å². The summed E-state index contributed by atoms with van der Waals surface area (Å²) >= 11 is 0. The Bertz CT molecular complexity index is 738. The van der Waals surface area contributed by atoms with Gasteiger partial charge in [0.1, 0.15) is 12.4 Å². The van der Waals surface area contributed by atoms with Gasteiger partial charge in [0.05, 0.1) is 11.4 Å². The van der Waals surface area contributed by atoms with E-state index in [9.17, 15) is 0 Å². The van der Waals surface area contributed by atoms with Gasteiger partial charge in [0.15, 0.2) is 0 Å². The Hall–Kier alpha value is -3.20. The van der Waals surface area contributed by atoms with E-state index in [1.165, 1.54) is 0 Å². The zero-order chi connectivity index (χ0) is 17.0. The third-order valence-electron chi connectivity index (χ3n) is 3.21. The number of aliphatic imine (C=N–C) groups is 2. The van der Waals surface area contributed by atoms with Crippen LogP contribution in [-0.2, 0) is 6.61 Å². The largest absolute Gasteiger partial charge is 0.489 e. The summed E-state index contributed by atoms with van der Waals surface area (Å²) in [5, 5.41) is 0. The molecular weight excluding hydrogens is 296 g/mol. The summed E-state index contributed by atoms with van der Waals surface area (Å²) in [5.41, 5.74) is 2.92. The molecule has 0 bridgehead atoms. The Morgan fingerprint density at radius 3 is 1.62 bits per heavy atom. The molecule has 24 heavy (non-hydrogen) atoms. The van der Waals surface area contributed by atoms with Crippen molar-refractivity contribution in [3.63, 3.8) is 0 Å². The molecule has 0 N–H and O–H groups in total. The molecule has 0 saturated heterocycles. The first-order chi connectivity index (χ1) is 11.8. The first kappa shape index (κ1) is 17.2. The molecule has 0 spiro atoms. The lowest BCUT2D eigenvalue weighted by Crippen LogP contribution is -1.94. The van der Waals surface area contributed by atoms with Crippen LogP contribution < -0.4 is 4.74 Å². The molecule has 0 aliphatic rings. The lowest BCUT2D eigenvalue weighted by molar-refractivity contribution is 0.306. The van der Waals surface area contributed by atoms with Crippen LogP contribution in [0.3, 0.4) is 0 Å². The number of nitrogens with zero attached hydrogens (tertiary/aromatic N) is 2. The summed E-state index contributed by atoms with van der Waals surface area (Å²) in [7, 11) is 0. The second-order valence-electron chi connectivity index (χ2n) is 4.92. The van der Waals surface area contributed by atoms with E-state index in [-0.39, 0.29) is 0 Å². The molecule has 0 fully saturated rings. The minimum atomic E-state index is 0.571. The lowest BCUT2D eigenvalue weighted by atomic mass is 10.2. The fourth-order valence-electron chi connectivity index (χ4n) is 1.91. The van der Waals surface area contributed by atoms with Crippen molar-refractivity contribution in [1.82, 2.24) is 0 Å². The Morgan fingerprint density at radius 2 is 1.12 bits per heavy atom. The van der Waals surface area contributed by atoms with Crippen molar-refractivity contribution < 1.29 is 4.74 Å². The summed E-state index contributed by atoms with van der Waals surface area (Å²) in [6, 6.07) is 27.3. The third kappa shape index (κ3) is 5.89. The molecule has 0 heterocycles. The molecule has 0 amide bonds. The molecule has 0 saturated carbocycles. The van der Waals surface area contributed by atoms with E-state index in [0.29, 0.717) is 6.61 Å². The molecule has 0 radical (unpaired) electrons. The number of hydrogen-bond donors (Lipinski definition) is 0. The lowest BCUT2D eigenvalue weighted by Gasteiger charge is -2.05. The molecule has 3 aromatic carbocycles. The zero-order valence-electron chi connectivity index (χ0n) is 13.5. The first-order valence-electron chi connectivity index (χ1n) is 7.57. The fraction of sp³-hybridized carbons (Fsp3) is 0.0476. The maximum absolute atomic E-state index is 5.62. The second kappa shape index (κ2) is 9.74. The van der Waals surface area contributed by atoms with Gasteiger partial charge in [-0.15, -0.1) is 0 Å². The summed E-state index contributed by atoms with van der Waals surface area (Å²) in [6.45, 7) is 7.42. The third-order valence-corrected chi connectivity index (χ3v) is 3.21. The van der Waals surface area contributed by atoms with Gasteiger partial charge in [-0.3, -0.25) is 9.98 Å². The Kier molecular flexibility index (Phi) is 6.97. The van der Waals surface area contributed by atoms with E-state index in [1.54, 1.807) is 0 Å². The number of rotatable bonds is 5. The van der Waals surface area contributed by atoms with Crippen LogP contribution in [0.5, 0.6) is 5.75 Å². The van der Waals surface area contributed by atoms with Gasteiger partial charge in [0, 0.05) is 0 Å². The maximum atomic E-state index is 5.62. The van der Waals surface area contributed by atoms with Gasteiger partial charge in [-0.1, -0.05) is 48.5 Å². The Labute approximate surface area is 143 Å². The number of para-hydroxylation sites is 2. The minimum Gasteiger partial charge on any atom is -0.489 e. The zero-order valence-corrected chi connectivity index (χ0v) is 13.5. The predicted molar refractivity (Wildman–Crippen MR) is 102 cm³/mol. The Morgan fingerprint density at radius 1 is 0.625 bits per heavy atom. The number of ether oxygens (including phenoxy) is 1. The van der Waals surface area contributed by atoms with Crippen molar-refractivity contribution in [2.75, 3.05) is 0 Å².